The van der Waals surface area contributed by atoms with E-state index < -0.39 is 0 Å². The summed E-state index contributed by atoms with van der Waals surface area (Å²) >= 11 is 1.98. The van der Waals surface area contributed by atoms with E-state index in [1.165, 1.54) is 12.8 Å². The highest BCUT2D eigenvalue weighted by Gasteiger charge is 2.72. The van der Waals surface area contributed by atoms with E-state index in [-0.39, 0.29) is 0 Å². The van der Waals surface area contributed by atoms with Crippen LogP contribution in [0.25, 0.3) is 0 Å². The maximum atomic E-state index is 2.53. The van der Waals surface area contributed by atoms with E-state index in [4.69, 9.17) is 0 Å². The van der Waals surface area contributed by atoms with Crippen molar-refractivity contribution in [3.05, 3.63) is 22.4 Å². The molecular formula is C13H16S. The molecule has 0 aromatic carbocycles. The lowest BCUT2D eigenvalue weighted by atomic mass is 9.90. The lowest BCUT2D eigenvalue weighted by molar-refractivity contribution is 0.441. The molecule has 3 saturated carbocycles. The maximum absolute atomic E-state index is 2.53. The molecule has 0 aliphatic heterocycles. The van der Waals surface area contributed by atoms with E-state index in [2.05, 4.69) is 24.4 Å². The van der Waals surface area contributed by atoms with Crippen LogP contribution in [0.2, 0.25) is 0 Å². The minimum Gasteiger partial charge on any atom is -0.148 e. The van der Waals surface area contributed by atoms with Gasteiger partial charge in [0.25, 0.3) is 0 Å². The van der Waals surface area contributed by atoms with Gasteiger partial charge in [-0.15, -0.1) is 11.3 Å². The molecule has 1 heteroatoms. The minimum absolute atomic E-state index is 0.609. The maximum Gasteiger partial charge on any atom is 0.0110 e. The quantitative estimate of drug-likeness (QED) is 0.654. The monoisotopic (exact) mass is 204 g/mol. The summed E-state index contributed by atoms with van der Waals surface area (Å²) in [7, 11) is 0. The third-order valence-corrected chi connectivity index (χ3v) is 6.37. The minimum atomic E-state index is 0.609. The van der Waals surface area contributed by atoms with Crippen LogP contribution in [0.15, 0.2) is 17.5 Å². The molecular weight excluding hydrogens is 188 g/mol. The van der Waals surface area contributed by atoms with Crippen LogP contribution in [-0.4, -0.2) is 0 Å². The van der Waals surface area contributed by atoms with Crippen molar-refractivity contribution in [2.75, 3.05) is 0 Å². The lowest BCUT2D eigenvalue weighted by Crippen LogP contribution is -2.12. The Morgan fingerprint density at radius 3 is 2.57 bits per heavy atom. The summed E-state index contributed by atoms with van der Waals surface area (Å²) in [4.78, 5) is 1.67. The van der Waals surface area contributed by atoms with Gasteiger partial charge < -0.3 is 0 Å². The predicted molar refractivity (Wildman–Crippen MR) is 59.5 cm³/mol. The molecule has 0 spiro atoms. The summed E-state index contributed by atoms with van der Waals surface area (Å²) < 4.78 is 0. The average molecular weight is 204 g/mol. The number of hydrogen-bond acceptors (Lipinski definition) is 1. The molecule has 3 aliphatic carbocycles. The van der Waals surface area contributed by atoms with Crippen molar-refractivity contribution in [3.63, 3.8) is 0 Å². The summed E-state index contributed by atoms with van der Waals surface area (Å²) in [6.45, 7) is 2.53. The Morgan fingerprint density at radius 2 is 2.00 bits per heavy atom. The van der Waals surface area contributed by atoms with Crippen LogP contribution >= 0.6 is 11.3 Å². The highest BCUT2D eigenvalue weighted by molar-refractivity contribution is 7.10. The molecule has 14 heavy (non-hydrogen) atoms. The molecule has 2 bridgehead atoms. The molecule has 4 rings (SSSR count). The third kappa shape index (κ3) is 0.701. The van der Waals surface area contributed by atoms with E-state index >= 15 is 0 Å². The second-order valence-corrected chi connectivity index (χ2v) is 6.59. The summed E-state index contributed by atoms with van der Waals surface area (Å²) in [5.41, 5.74) is 0.609. The van der Waals surface area contributed by atoms with Crippen molar-refractivity contribution in [3.8, 4) is 0 Å². The van der Waals surface area contributed by atoms with Crippen LogP contribution in [0.3, 0.4) is 0 Å². The topological polar surface area (TPSA) is 0 Å². The van der Waals surface area contributed by atoms with E-state index in [9.17, 15) is 0 Å². The zero-order chi connectivity index (χ0) is 9.34. The average Bonchev–Trinajstić information content (AvgIpc) is 2.80. The summed E-state index contributed by atoms with van der Waals surface area (Å²) in [6, 6.07) is 4.59. The Labute approximate surface area is 89.3 Å². The summed E-state index contributed by atoms with van der Waals surface area (Å²) in [5.74, 6) is 4.33. The van der Waals surface area contributed by atoms with Crippen LogP contribution < -0.4 is 0 Å². The van der Waals surface area contributed by atoms with E-state index in [1.807, 2.05) is 11.3 Å². The number of hydrogen-bond donors (Lipinski definition) is 0. The Morgan fingerprint density at radius 1 is 1.29 bits per heavy atom. The first-order valence-corrected chi connectivity index (χ1v) is 6.74. The lowest BCUT2D eigenvalue weighted by Gasteiger charge is -2.16. The number of fused-ring (bicyclic) bond motifs is 5. The molecule has 1 aromatic rings. The van der Waals surface area contributed by atoms with Crippen molar-refractivity contribution in [2.24, 2.45) is 23.7 Å². The van der Waals surface area contributed by atoms with Crippen LogP contribution in [0, 0.1) is 23.7 Å². The van der Waals surface area contributed by atoms with Crippen LogP contribution in [-0.2, 0) is 5.41 Å². The van der Waals surface area contributed by atoms with Crippen molar-refractivity contribution in [2.45, 2.75) is 31.6 Å². The van der Waals surface area contributed by atoms with Gasteiger partial charge in [-0.05, 0) is 54.4 Å². The van der Waals surface area contributed by atoms with Gasteiger partial charge in [0.1, 0.15) is 0 Å². The van der Waals surface area contributed by atoms with Crippen molar-refractivity contribution in [1.29, 1.82) is 0 Å². The van der Waals surface area contributed by atoms with Gasteiger partial charge in [-0.3, -0.25) is 0 Å². The Hall–Kier alpha value is -0.300. The molecule has 4 unspecified atom stereocenters. The van der Waals surface area contributed by atoms with Gasteiger partial charge in [0.15, 0.2) is 0 Å². The first kappa shape index (κ1) is 7.92. The van der Waals surface area contributed by atoms with Gasteiger partial charge in [0, 0.05) is 10.3 Å². The fourth-order valence-corrected chi connectivity index (χ4v) is 5.75. The van der Waals surface area contributed by atoms with Crippen molar-refractivity contribution in [1.82, 2.24) is 0 Å². The molecule has 0 radical (unpaired) electrons. The second kappa shape index (κ2) is 2.27. The van der Waals surface area contributed by atoms with Crippen molar-refractivity contribution >= 4 is 11.3 Å². The molecule has 3 aliphatic rings. The van der Waals surface area contributed by atoms with Gasteiger partial charge in [-0.2, -0.15) is 0 Å². The largest absolute Gasteiger partial charge is 0.148 e. The number of thiophene rings is 1. The van der Waals surface area contributed by atoms with Crippen LogP contribution in [0.1, 0.15) is 31.1 Å². The van der Waals surface area contributed by atoms with Gasteiger partial charge in [0.05, 0.1) is 0 Å². The SMILES string of the molecule is CC1(c2cccs2)C2C3CCC(C3)C21. The molecule has 0 amide bonds. The van der Waals surface area contributed by atoms with Gasteiger partial charge >= 0.3 is 0 Å². The van der Waals surface area contributed by atoms with Gasteiger partial charge in [0.2, 0.25) is 0 Å². The molecule has 3 fully saturated rings. The van der Waals surface area contributed by atoms with Gasteiger partial charge in [-0.25, -0.2) is 0 Å². The Kier molecular flexibility index (Phi) is 1.28. The van der Waals surface area contributed by atoms with E-state index in [0.717, 1.165) is 23.7 Å². The molecule has 0 nitrogen and oxygen atoms in total. The standard InChI is InChI=1S/C13H16S/c1-13(10-3-2-6-14-10)11-8-4-5-9(7-8)12(11)13/h2-3,6,8-9,11-12H,4-5,7H2,1H3. The highest BCUT2D eigenvalue weighted by Crippen LogP contribution is 2.76. The zero-order valence-corrected chi connectivity index (χ0v) is 9.39. The molecule has 1 heterocycles. The van der Waals surface area contributed by atoms with E-state index in [1.54, 1.807) is 11.3 Å². The number of rotatable bonds is 1. The molecule has 4 atom stereocenters. The summed E-state index contributed by atoms with van der Waals surface area (Å²) in [6.07, 6.45) is 4.63. The second-order valence-electron chi connectivity index (χ2n) is 5.64. The Balaban J connectivity index is 1.76. The van der Waals surface area contributed by atoms with Gasteiger partial charge in [-0.1, -0.05) is 13.0 Å². The molecule has 1 aromatic heterocycles. The fourth-order valence-electron chi connectivity index (χ4n) is 4.76. The van der Waals surface area contributed by atoms with Crippen LogP contribution in [0.5, 0.6) is 0 Å². The first-order chi connectivity index (χ1) is 6.82. The summed E-state index contributed by atoms with van der Waals surface area (Å²) in [5, 5.41) is 2.25. The smallest absolute Gasteiger partial charge is 0.0110 e. The zero-order valence-electron chi connectivity index (χ0n) is 8.57. The first-order valence-electron chi connectivity index (χ1n) is 5.86. The highest BCUT2D eigenvalue weighted by atomic mass is 32.1. The molecule has 74 valence electrons. The van der Waals surface area contributed by atoms with Crippen LogP contribution in [0.4, 0.5) is 0 Å². The Bertz CT molecular complexity index is 349. The normalized spacial score (nSPS) is 53.5. The fraction of sp³-hybridized carbons (Fsp3) is 0.692. The molecule has 0 N–H and O–H groups in total. The van der Waals surface area contributed by atoms with Crippen molar-refractivity contribution < 1.29 is 0 Å². The van der Waals surface area contributed by atoms with E-state index in [0.29, 0.717) is 5.41 Å². The molecule has 0 saturated heterocycles. The predicted octanol–water partition coefficient (Wildman–Crippen LogP) is 3.68. The third-order valence-electron chi connectivity index (χ3n) is 5.24.